The fraction of sp³-hybridized carbons (Fsp3) is 0.296. The first-order chi connectivity index (χ1) is 15.5. The maximum absolute atomic E-state index is 13.7. The molecule has 1 atom stereocenters. The number of rotatable bonds is 3. The zero-order valence-electron chi connectivity index (χ0n) is 18.9. The summed E-state index contributed by atoms with van der Waals surface area (Å²) in [6.07, 6.45) is 2.13. The molecule has 162 valence electrons. The van der Waals surface area contributed by atoms with E-state index in [2.05, 4.69) is 43.3 Å². The lowest BCUT2D eigenvalue weighted by Gasteiger charge is -2.33. The molecule has 1 fully saturated rings. The van der Waals surface area contributed by atoms with Gasteiger partial charge in [-0.25, -0.2) is 9.67 Å². The molecule has 5 heteroatoms. The molecule has 0 spiro atoms. The summed E-state index contributed by atoms with van der Waals surface area (Å²) in [5.74, 6) is 0.455. The van der Waals surface area contributed by atoms with Crippen molar-refractivity contribution in [2.75, 3.05) is 13.1 Å². The van der Waals surface area contributed by atoms with Crippen molar-refractivity contribution in [3.8, 4) is 5.69 Å². The van der Waals surface area contributed by atoms with Gasteiger partial charge in [0.25, 0.3) is 5.91 Å². The highest BCUT2D eigenvalue weighted by atomic mass is 16.2. The first-order valence-corrected chi connectivity index (χ1v) is 11.3. The second-order valence-corrected chi connectivity index (χ2v) is 8.84. The third-order valence-electron chi connectivity index (χ3n) is 6.43. The molecule has 0 unspecified atom stereocenters. The molecule has 5 rings (SSSR count). The molecule has 5 nitrogen and oxygen atoms in total. The highest BCUT2D eigenvalue weighted by Crippen LogP contribution is 2.30. The maximum Gasteiger partial charge on any atom is 0.254 e. The number of likely N-dealkylation sites (tertiary alicyclic amines) is 1. The number of aryl methyl sites for hydroxylation is 3. The van der Waals surface area contributed by atoms with E-state index in [1.807, 2.05) is 47.7 Å². The van der Waals surface area contributed by atoms with Gasteiger partial charge in [0.1, 0.15) is 0 Å². The van der Waals surface area contributed by atoms with Crippen LogP contribution in [-0.4, -0.2) is 38.7 Å². The number of fused-ring (bicyclic) bond motifs is 1. The molecule has 0 radical (unpaired) electrons. The van der Waals surface area contributed by atoms with Crippen LogP contribution in [0.4, 0.5) is 0 Å². The molecule has 0 N–H and O–H groups in total. The molecule has 0 saturated carbocycles. The van der Waals surface area contributed by atoms with Crippen LogP contribution < -0.4 is 0 Å². The molecular formula is C27H28N4O. The number of amides is 1. The summed E-state index contributed by atoms with van der Waals surface area (Å²) >= 11 is 0. The van der Waals surface area contributed by atoms with Crippen LogP contribution in [0.1, 0.15) is 51.6 Å². The summed E-state index contributed by atoms with van der Waals surface area (Å²) in [7, 11) is 0. The van der Waals surface area contributed by atoms with Crippen LogP contribution in [0.15, 0.2) is 60.7 Å². The van der Waals surface area contributed by atoms with Crippen molar-refractivity contribution < 1.29 is 4.79 Å². The molecule has 4 aromatic rings. The van der Waals surface area contributed by atoms with Crippen LogP contribution in [0.3, 0.4) is 0 Å². The van der Waals surface area contributed by atoms with Gasteiger partial charge in [0.2, 0.25) is 0 Å². The summed E-state index contributed by atoms with van der Waals surface area (Å²) in [6.45, 7) is 7.51. The van der Waals surface area contributed by atoms with Gasteiger partial charge in [-0.15, -0.1) is 0 Å². The lowest BCUT2D eigenvalue weighted by Crippen LogP contribution is -2.39. The monoisotopic (exact) mass is 424 g/mol. The van der Waals surface area contributed by atoms with Crippen molar-refractivity contribution in [2.45, 2.75) is 39.5 Å². The normalized spacial score (nSPS) is 16.5. The van der Waals surface area contributed by atoms with E-state index in [9.17, 15) is 4.79 Å². The van der Waals surface area contributed by atoms with Crippen molar-refractivity contribution in [2.24, 2.45) is 0 Å². The topological polar surface area (TPSA) is 51.0 Å². The lowest BCUT2D eigenvalue weighted by atomic mass is 9.90. The highest BCUT2D eigenvalue weighted by Gasteiger charge is 2.28. The molecule has 2 aromatic heterocycles. The van der Waals surface area contributed by atoms with Crippen molar-refractivity contribution in [1.82, 2.24) is 19.7 Å². The zero-order valence-corrected chi connectivity index (χ0v) is 18.9. The van der Waals surface area contributed by atoms with Gasteiger partial charge < -0.3 is 4.90 Å². The van der Waals surface area contributed by atoms with E-state index in [0.717, 1.165) is 54.0 Å². The average molecular weight is 425 g/mol. The van der Waals surface area contributed by atoms with E-state index in [-0.39, 0.29) is 5.91 Å². The second kappa shape index (κ2) is 8.23. The Balaban J connectivity index is 1.54. The van der Waals surface area contributed by atoms with Crippen LogP contribution in [0, 0.1) is 20.8 Å². The number of nitrogens with zero attached hydrogens (tertiary/aromatic N) is 4. The fourth-order valence-corrected chi connectivity index (χ4v) is 4.78. The van der Waals surface area contributed by atoms with Crippen LogP contribution >= 0.6 is 0 Å². The number of hydrogen-bond acceptors (Lipinski definition) is 3. The van der Waals surface area contributed by atoms with Crippen LogP contribution in [-0.2, 0) is 0 Å². The molecule has 2 aromatic carbocycles. The molecule has 0 bridgehead atoms. The average Bonchev–Trinajstić information content (AvgIpc) is 3.15. The van der Waals surface area contributed by atoms with Crippen LogP contribution in [0.2, 0.25) is 0 Å². The number of hydrogen-bond donors (Lipinski definition) is 0. The van der Waals surface area contributed by atoms with E-state index in [4.69, 9.17) is 10.1 Å². The Hall–Kier alpha value is -3.47. The van der Waals surface area contributed by atoms with Crippen molar-refractivity contribution in [3.05, 3.63) is 88.7 Å². The van der Waals surface area contributed by atoms with Crippen molar-refractivity contribution in [1.29, 1.82) is 0 Å². The minimum absolute atomic E-state index is 0.0766. The van der Waals surface area contributed by atoms with Gasteiger partial charge in [0.05, 0.1) is 22.3 Å². The Morgan fingerprint density at radius 3 is 2.50 bits per heavy atom. The molecule has 1 aliphatic rings. The molecular weight excluding hydrogens is 396 g/mol. The largest absolute Gasteiger partial charge is 0.338 e. The van der Waals surface area contributed by atoms with Gasteiger partial charge >= 0.3 is 0 Å². The van der Waals surface area contributed by atoms with E-state index in [1.165, 1.54) is 11.1 Å². The number of benzene rings is 2. The third-order valence-corrected chi connectivity index (χ3v) is 6.43. The molecule has 32 heavy (non-hydrogen) atoms. The van der Waals surface area contributed by atoms with Gasteiger partial charge in [0.15, 0.2) is 5.65 Å². The molecule has 0 aliphatic carbocycles. The molecule has 1 saturated heterocycles. The minimum Gasteiger partial charge on any atom is -0.338 e. The number of pyridine rings is 1. The first kappa shape index (κ1) is 20.4. The SMILES string of the molecule is Cc1ccc(-n2nc(C)c3c(C(=O)N4CCC[C@H](c5ccccc5)C4)cc(C)nc32)cc1. The summed E-state index contributed by atoms with van der Waals surface area (Å²) in [6, 6.07) is 20.7. The summed E-state index contributed by atoms with van der Waals surface area (Å²) < 4.78 is 1.86. The van der Waals surface area contributed by atoms with Gasteiger partial charge in [0, 0.05) is 24.7 Å². The second-order valence-electron chi connectivity index (χ2n) is 8.84. The molecule has 3 heterocycles. The van der Waals surface area contributed by atoms with Gasteiger partial charge in [-0.3, -0.25) is 4.79 Å². The number of carbonyl (C=O) groups is 1. The predicted octanol–water partition coefficient (Wildman–Crippen LogP) is 5.37. The maximum atomic E-state index is 13.7. The Kier molecular flexibility index (Phi) is 5.25. The van der Waals surface area contributed by atoms with Crippen LogP contribution in [0.5, 0.6) is 0 Å². The zero-order chi connectivity index (χ0) is 22.2. The number of carbonyl (C=O) groups excluding carboxylic acids is 1. The minimum atomic E-state index is 0.0766. The van der Waals surface area contributed by atoms with E-state index >= 15 is 0 Å². The smallest absolute Gasteiger partial charge is 0.254 e. The number of piperidine rings is 1. The van der Waals surface area contributed by atoms with Crippen molar-refractivity contribution >= 4 is 16.9 Å². The standard InChI is InChI=1S/C27H28N4O/c1-18-11-13-23(14-12-18)31-26-25(20(3)29-31)24(16-19(2)28-26)27(32)30-15-7-10-22(17-30)21-8-5-4-6-9-21/h4-6,8-9,11-14,16,22H,7,10,15,17H2,1-3H3/t22-/m0/s1. The Morgan fingerprint density at radius 1 is 1.00 bits per heavy atom. The Bertz CT molecular complexity index is 1270. The molecule has 1 aliphatic heterocycles. The van der Waals surface area contributed by atoms with Gasteiger partial charge in [-0.05, 0) is 57.4 Å². The summed E-state index contributed by atoms with van der Waals surface area (Å²) in [5, 5.41) is 5.61. The molecule has 1 amide bonds. The highest BCUT2D eigenvalue weighted by molar-refractivity contribution is 6.06. The third kappa shape index (κ3) is 3.68. The fourth-order valence-electron chi connectivity index (χ4n) is 4.78. The number of aromatic nitrogens is 3. The van der Waals surface area contributed by atoms with E-state index in [1.54, 1.807) is 0 Å². The van der Waals surface area contributed by atoms with Gasteiger partial charge in [-0.1, -0.05) is 48.0 Å². The predicted molar refractivity (Wildman–Crippen MR) is 127 cm³/mol. The Morgan fingerprint density at radius 2 is 1.75 bits per heavy atom. The summed E-state index contributed by atoms with van der Waals surface area (Å²) in [5.41, 5.74) is 6.55. The lowest BCUT2D eigenvalue weighted by molar-refractivity contribution is 0.0709. The summed E-state index contributed by atoms with van der Waals surface area (Å²) in [4.78, 5) is 20.5. The van der Waals surface area contributed by atoms with Gasteiger partial charge in [-0.2, -0.15) is 5.10 Å². The quantitative estimate of drug-likeness (QED) is 0.444. The van der Waals surface area contributed by atoms with Crippen molar-refractivity contribution in [3.63, 3.8) is 0 Å². The van der Waals surface area contributed by atoms with Crippen LogP contribution in [0.25, 0.3) is 16.7 Å². The first-order valence-electron chi connectivity index (χ1n) is 11.3. The Labute approximate surface area is 188 Å². The van der Waals surface area contributed by atoms with E-state index in [0.29, 0.717) is 11.5 Å². The van der Waals surface area contributed by atoms with E-state index < -0.39 is 0 Å².